The number of aryl methyl sites for hydroxylation is 1. The van der Waals surface area contributed by atoms with E-state index in [0.29, 0.717) is 0 Å². The van der Waals surface area contributed by atoms with Crippen LogP contribution in [-0.4, -0.2) is 14.8 Å². The van der Waals surface area contributed by atoms with Crippen molar-refractivity contribution in [3.8, 4) is 11.4 Å². The SMILES string of the molecule is NC1CCCc2nnc(-c3ccc(F)cc3)n21. The average molecular weight is 232 g/mol. The van der Waals surface area contributed by atoms with Gasteiger partial charge in [-0.05, 0) is 37.1 Å². The zero-order valence-electron chi connectivity index (χ0n) is 9.31. The van der Waals surface area contributed by atoms with Gasteiger partial charge in [-0.1, -0.05) is 0 Å². The molecule has 1 aliphatic heterocycles. The molecular formula is C12H13FN4. The summed E-state index contributed by atoms with van der Waals surface area (Å²) in [6.07, 6.45) is 2.80. The molecule has 0 aliphatic carbocycles. The van der Waals surface area contributed by atoms with Crippen molar-refractivity contribution in [2.75, 3.05) is 0 Å². The molecule has 3 rings (SSSR count). The minimum Gasteiger partial charge on any atom is -0.311 e. The Morgan fingerprint density at radius 3 is 2.76 bits per heavy atom. The van der Waals surface area contributed by atoms with Gasteiger partial charge in [0.15, 0.2) is 5.82 Å². The maximum atomic E-state index is 12.9. The van der Waals surface area contributed by atoms with Gasteiger partial charge in [-0.2, -0.15) is 0 Å². The Balaban J connectivity index is 2.09. The van der Waals surface area contributed by atoms with Crippen LogP contribution in [0.5, 0.6) is 0 Å². The molecule has 0 saturated carbocycles. The highest BCUT2D eigenvalue weighted by atomic mass is 19.1. The van der Waals surface area contributed by atoms with E-state index in [1.54, 1.807) is 12.1 Å². The first-order valence-electron chi connectivity index (χ1n) is 5.71. The minimum absolute atomic E-state index is 0.0752. The van der Waals surface area contributed by atoms with Crippen LogP contribution in [0.25, 0.3) is 11.4 Å². The molecule has 0 radical (unpaired) electrons. The summed E-state index contributed by atoms with van der Waals surface area (Å²) in [5.41, 5.74) is 6.92. The second kappa shape index (κ2) is 3.92. The molecule has 88 valence electrons. The smallest absolute Gasteiger partial charge is 0.165 e. The average Bonchev–Trinajstić information content (AvgIpc) is 2.75. The second-order valence-electron chi connectivity index (χ2n) is 4.28. The van der Waals surface area contributed by atoms with Gasteiger partial charge >= 0.3 is 0 Å². The lowest BCUT2D eigenvalue weighted by Crippen LogP contribution is -2.25. The van der Waals surface area contributed by atoms with Gasteiger partial charge in [0.05, 0.1) is 6.17 Å². The van der Waals surface area contributed by atoms with Gasteiger partial charge in [0.25, 0.3) is 0 Å². The predicted octanol–water partition coefficient (Wildman–Crippen LogP) is 1.88. The maximum absolute atomic E-state index is 12.9. The van der Waals surface area contributed by atoms with Crippen molar-refractivity contribution in [2.24, 2.45) is 5.73 Å². The van der Waals surface area contributed by atoms with Crippen molar-refractivity contribution in [3.63, 3.8) is 0 Å². The summed E-state index contributed by atoms with van der Waals surface area (Å²) in [7, 11) is 0. The normalized spacial score (nSPS) is 19.1. The molecule has 4 nitrogen and oxygen atoms in total. The number of nitrogens with zero attached hydrogens (tertiary/aromatic N) is 3. The van der Waals surface area contributed by atoms with Crippen molar-refractivity contribution < 1.29 is 4.39 Å². The quantitative estimate of drug-likeness (QED) is 0.816. The minimum atomic E-state index is -0.253. The van der Waals surface area contributed by atoms with Gasteiger partial charge < -0.3 is 5.73 Å². The number of aromatic nitrogens is 3. The third-order valence-electron chi connectivity index (χ3n) is 3.10. The van der Waals surface area contributed by atoms with Gasteiger partial charge in [-0.3, -0.25) is 4.57 Å². The van der Waals surface area contributed by atoms with Crippen LogP contribution >= 0.6 is 0 Å². The van der Waals surface area contributed by atoms with Crippen LogP contribution in [0.2, 0.25) is 0 Å². The molecule has 1 atom stereocenters. The number of benzene rings is 1. The second-order valence-corrected chi connectivity index (χ2v) is 4.28. The van der Waals surface area contributed by atoms with Crippen molar-refractivity contribution in [3.05, 3.63) is 35.9 Å². The summed E-state index contributed by atoms with van der Waals surface area (Å²) in [6.45, 7) is 0. The Bertz CT molecular complexity index is 532. The molecule has 0 bridgehead atoms. The van der Waals surface area contributed by atoms with Gasteiger partial charge in [-0.25, -0.2) is 4.39 Å². The van der Waals surface area contributed by atoms with Crippen LogP contribution in [0.4, 0.5) is 4.39 Å². The monoisotopic (exact) mass is 232 g/mol. The third kappa shape index (κ3) is 1.72. The molecule has 17 heavy (non-hydrogen) atoms. The Morgan fingerprint density at radius 1 is 1.24 bits per heavy atom. The van der Waals surface area contributed by atoms with Crippen LogP contribution in [-0.2, 0) is 6.42 Å². The van der Waals surface area contributed by atoms with E-state index in [2.05, 4.69) is 10.2 Å². The fraction of sp³-hybridized carbons (Fsp3) is 0.333. The number of hydrogen-bond acceptors (Lipinski definition) is 3. The van der Waals surface area contributed by atoms with Gasteiger partial charge in [-0.15, -0.1) is 10.2 Å². The zero-order chi connectivity index (χ0) is 11.8. The van der Waals surface area contributed by atoms with Crippen LogP contribution in [0.3, 0.4) is 0 Å². The van der Waals surface area contributed by atoms with Crippen LogP contribution in [0.1, 0.15) is 24.8 Å². The van der Waals surface area contributed by atoms with E-state index in [-0.39, 0.29) is 12.0 Å². The molecular weight excluding hydrogens is 219 g/mol. The van der Waals surface area contributed by atoms with E-state index in [1.165, 1.54) is 12.1 Å². The molecule has 1 aromatic carbocycles. The topological polar surface area (TPSA) is 56.7 Å². The number of hydrogen-bond donors (Lipinski definition) is 1. The van der Waals surface area contributed by atoms with E-state index in [9.17, 15) is 4.39 Å². The highest BCUT2D eigenvalue weighted by Crippen LogP contribution is 2.27. The Hall–Kier alpha value is -1.75. The Morgan fingerprint density at radius 2 is 2.00 bits per heavy atom. The molecule has 0 fully saturated rings. The van der Waals surface area contributed by atoms with Crippen LogP contribution in [0.15, 0.2) is 24.3 Å². The fourth-order valence-electron chi connectivity index (χ4n) is 2.24. The molecule has 5 heteroatoms. The molecule has 1 aliphatic rings. The van der Waals surface area contributed by atoms with E-state index < -0.39 is 0 Å². The van der Waals surface area contributed by atoms with E-state index in [4.69, 9.17) is 5.73 Å². The standard InChI is InChI=1S/C12H13FN4/c13-9-6-4-8(5-7-9)12-16-15-11-3-1-2-10(14)17(11)12/h4-7,10H,1-3,14H2. The van der Waals surface area contributed by atoms with Gasteiger partial charge in [0, 0.05) is 12.0 Å². The van der Waals surface area contributed by atoms with E-state index in [1.807, 2.05) is 4.57 Å². The van der Waals surface area contributed by atoms with Crippen LogP contribution in [0, 0.1) is 5.82 Å². The maximum Gasteiger partial charge on any atom is 0.165 e. The lowest BCUT2D eigenvalue weighted by molar-refractivity contribution is 0.412. The van der Waals surface area contributed by atoms with Gasteiger partial charge in [0.2, 0.25) is 0 Å². The third-order valence-corrected chi connectivity index (χ3v) is 3.10. The molecule has 2 N–H and O–H groups in total. The molecule has 1 unspecified atom stereocenters. The largest absolute Gasteiger partial charge is 0.311 e. The summed E-state index contributed by atoms with van der Waals surface area (Å²) < 4.78 is 14.8. The summed E-state index contributed by atoms with van der Waals surface area (Å²) in [5, 5.41) is 8.30. The molecule has 2 heterocycles. The summed E-state index contributed by atoms with van der Waals surface area (Å²) >= 11 is 0. The van der Waals surface area contributed by atoms with Crippen LogP contribution < -0.4 is 5.73 Å². The summed E-state index contributed by atoms with van der Waals surface area (Å²) in [5.74, 6) is 1.40. The summed E-state index contributed by atoms with van der Waals surface area (Å²) in [6, 6.07) is 6.25. The Labute approximate surface area is 98.3 Å². The number of halogens is 1. The fourth-order valence-corrected chi connectivity index (χ4v) is 2.24. The van der Waals surface area contributed by atoms with Crippen molar-refractivity contribution in [1.82, 2.24) is 14.8 Å². The first-order valence-corrected chi connectivity index (χ1v) is 5.71. The number of nitrogens with two attached hydrogens (primary N) is 1. The molecule has 0 spiro atoms. The number of fused-ring (bicyclic) bond motifs is 1. The first kappa shape index (κ1) is 10.4. The van der Waals surface area contributed by atoms with Crippen molar-refractivity contribution in [2.45, 2.75) is 25.4 Å². The molecule has 0 amide bonds. The first-order chi connectivity index (χ1) is 8.25. The Kier molecular flexibility index (Phi) is 2.40. The van der Waals surface area contributed by atoms with Gasteiger partial charge in [0.1, 0.15) is 11.6 Å². The van der Waals surface area contributed by atoms with E-state index in [0.717, 1.165) is 36.5 Å². The lowest BCUT2D eigenvalue weighted by atomic mass is 10.1. The number of rotatable bonds is 1. The highest BCUT2D eigenvalue weighted by molar-refractivity contribution is 5.55. The van der Waals surface area contributed by atoms with Crippen molar-refractivity contribution in [1.29, 1.82) is 0 Å². The molecule has 0 saturated heterocycles. The van der Waals surface area contributed by atoms with Crippen molar-refractivity contribution >= 4 is 0 Å². The lowest BCUT2D eigenvalue weighted by Gasteiger charge is -2.22. The highest BCUT2D eigenvalue weighted by Gasteiger charge is 2.22. The summed E-state index contributed by atoms with van der Waals surface area (Å²) in [4.78, 5) is 0. The predicted molar refractivity (Wildman–Crippen MR) is 61.6 cm³/mol. The zero-order valence-corrected chi connectivity index (χ0v) is 9.31. The van der Waals surface area contributed by atoms with E-state index >= 15 is 0 Å². The molecule has 2 aromatic rings. The molecule has 1 aromatic heterocycles.